The summed E-state index contributed by atoms with van der Waals surface area (Å²) < 4.78 is 41.6. The van der Waals surface area contributed by atoms with Crippen LogP contribution >= 0.6 is 0 Å². The predicted molar refractivity (Wildman–Crippen MR) is 197 cm³/mol. The first-order valence-corrected chi connectivity index (χ1v) is 19.2. The number of amides is 1. The highest BCUT2D eigenvalue weighted by molar-refractivity contribution is 5.83. The summed E-state index contributed by atoms with van der Waals surface area (Å²) in [6.07, 6.45) is -20.1. The van der Waals surface area contributed by atoms with Crippen molar-refractivity contribution < 1.29 is 88.1 Å². The molecule has 2 saturated heterocycles. The quantitative estimate of drug-likeness (QED) is 0.104. The summed E-state index contributed by atoms with van der Waals surface area (Å²) in [4.78, 5) is 53.1. The molecule has 1 saturated carbocycles. The summed E-state index contributed by atoms with van der Waals surface area (Å²) in [5.41, 5.74) is -1.35. The standard InChI is InChI=1S/C39H59NO18/c1-18(43)40-27-32(56-37-31(47)30(46)28(44)25(16-41)55-37)29(45)26(17-42)54-36(27)53-23-15-21(35(51)58-39(5,6)7)20(34(50)57-38(2,3)4)14-22(23)52-24(33(48)49)13-19-11-9-8-10-12-19/h8-12,20-32,36-37,41-42,44-47H,13-17H2,1-7H3,(H,40,43)(H,48,49)/t20-,21-,22+,23-,24+,25+,26+,27+,28-,29-,30-,31+,32+,36-,37-/m0/s1. The maximum atomic E-state index is 13.9. The summed E-state index contributed by atoms with van der Waals surface area (Å²) in [7, 11) is 0. The number of rotatable bonds is 14. The molecule has 0 aromatic heterocycles. The van der Waals surface area contributed by atoms with Gasteiger partial charge in [0.2, 0.25) is 5.91 Å². The minimum absolute atomic E-state index is 0.103. The van der Waals surface area contributed by atoms with Crippen LogP contribution < -0.4 is 5.32 Å². The molecule has 1 amide bonds. The molecular weight excluding hydrogens is 770 g/mol. The zero-order valence-corrected chi connectivity index (χ0v) is 33.7. The van der Waals surface area contributed by atoms with E-state index in [0.717, 1.165) is 6.92 Å². The van der Waals surface area contributed by atoms with Crippen molar-refractivity contribution in [3.63, 3.8) is 0 Å². The third-order valence-electron chi connectivity index (χ3n) is 9.84. The minimum atomic E-state index is -1.93. The Balaban J connectivity index is 1.77. The number of nitrogens with one attached hydrogen (secondary N) is 1. The number of carbonyl (C=O) groups excluding carboxylic acids is 3. The van der Waals surface area contributed by atoms with Gasteiger partial charge in [-0.1, -0.05) is 30.3 Å². The van der Waals surface area contributed by atoms with E-state index in [1.165, 1.54) is 0 Å². The number of carboxylic acids is 1. The number of hydrogen-bond acceptors (Lipinski definition) is 17. The normalized spacial score (nSPS) is 35.1. The van der Waals surface area contributed by atoms with Crippen molar-refractivity contribution in [1.29, 1.82) is 0 Å². The number of aliphatic carboxylic acids is 1. The van der Waals surface area contributed by atoms with Crippen molar-refractivity contribution in [2.24, 2.45) is 11.8 Å². The van der Waals surface area contributed by atoms with Crippen LogP contribution in [0.25, 0.3) is 0 Å². The van der Waals surface area contributed by atoms with Crippen LogP contribution in [0.1, 0.15) is 66.9 Å². The first-order chi connectivity index (χ1) is 27.0. The van der Waals surface area contributed by atoms with Gasteiger partial charge in [0.15, 0.2) is 18.7 Å². The molecular formula is C39H59NO18. The Labute approximate surface area is 336 Å². The Kier molecular flexibility index (Phi) is 16.2. The molecule has 0 radical (unpaired) electrons. The Bertz CT molecular complexity index is 1530. The topological polar surface area (TPSA) is 287 Å². The van der Waals surface area contributed by atoms with Gasteiger partial charge in [-0.3, -0.25) is 14.4 Å². The number of aliphatic hydroxyl groups is 6. The van der Waals surface area contributed by atoms with Crippen molar-refractivity contribution in [3.8, 4) is 0 Å². The molecule has 328 valence electrons. The van der Waals surface area contributed by atoms with E-state index in [2.05, 4.69) is 5.32 Å². The summed E-state index contributed by atoms with van der Waals surface area (Å²) in [6, 6.07) is 7.12. The van der Waals surface area contributed by atoms with Crippen LogP contribution in [0.4, 0.5) is 0 Å². The second kappa shape index (κ2) is 19.8. The van der Waals surface area contributed by atoms with Gasteiger partial charge in [-0.15, -0.1) is 0 Å². The zero-order chi connectivity index (χ0) is 43.3. The fourth-order valence-electron chi connectivity index (χ4n) is 7.17. The second-order valence-corrected chi connectivity index (χ2v) is 16.9. The lowest BCUT2D eigenvalue weighted by Gasteiger charge is -2.49. The molecule has 0 unspecified atom stereocenters. The molecule has 1 aromatic rings. The maximum Gasteiger partial charge on any atom is 0.333 e. The molecule has 4 rings (SSSR count). The molecule has 0 spiro atoms. The third kappa shape index (κ3) is 12.4. The lowest BCUT2D eigenvalue weighted by molar-refractivity contribution is -0.350. The number of carboxylic acid groups (broad SMARTS) is 1. The fourth-order valence-corrected chi connectivity index (χ4v) is 7.17. The zero-order valence-electron chi connectivity index (χ0n) is 33.7. The lowest BCUT2D eigenvalue weighted by Crippen LogP contribution is -2.68. The molecule has 2 heterocycles. The Morgan fingerprint density at radius 1 is 0.741 bits per heavy atom. The van der Waals surface area contributed by atoms with Crippen molar-refractivity contribution in [2.75, 3.05) is 13.2 Å². The smallest absolute Gasteiger partial charge is 0.333 e. The van der Waals surface area contributed by atoms with E-state index in [9.17, 15) is 54.9 Å². The monoisotopic (exact) mass is 829 g/mol. The van der Waals surface area contributed by atoms with Crippen LogP contribution in [-0.4, -0.2) is 164 Å². The number of carbonyl (C=O) groups is 4. The van der Waals surface area contributed by atoms with E-state index in [0.29, 0.717) is 5.56 Å². The third-order valence-corrected chi connectivity index (χ3v) is 9.84. The summed E-state index contributed by atoms with van der Waals surface area (Å²) in [6.45, 7) is 9.35. The Morgan fingerprint density at radius 2 is 1.26 bits per heavy atom. The van der Waals surface area contributed by atoms with Gasteiger partial charge in [-0.25, -0.2) is 4.79 Å². The van der Waals surface area contributed by atoms with Crippen LogP contribution in [-0.2, 0) is 58.8 Å². The number of esters is 2. The fraction of sp³-hybridized carbons (Fsp3) is 0.744. The van der Waals surface area contributed by atoms with Crippen LogP contribution in [0.15, 0.2) is 30.3 Å². The van der Waals surface area contributed by atoms with E-state index in [4.69, 9.17) is 33.2 Å². The van der Waals surface area contributed by atoms with Crippen molar-refractivity contribution in [3.05, 3.63) is 35.9 Å². The van der Waals surface area contributed by atoms with E-state index in [1.54, 1.807) is 71.9 Å². The van der Waals surface area contributed by atoms with Gasteiger partial charge in [0.25, 0.3) is 0 Å². The van der Waals surface area contributed by atoms with Gasteiger partial charge < -0.3 is 74.2 Å². The van der Waals surface area contributed by atoms with Crippen molar-refractivity contribution in [1.82, 2.24) is 5.32 Å². The predicted octanol–water partition coefficient (Wildman–Crippen LogP) is -1.07. The molecule has 3 aliphatic rings. The number of ether oxygens (including phenoxy) is 7. The van der Waals surface area contributed by atoms with Crippen molar-refractivity contribution in [2.45, 2.75) is 159 Å². The number of aliphatic hydroxyl groups excluding tert-OH is 6. The molecule has 19 nitrogen and oxygen atoms in total. The van der Waals surface area contributed by atoms with Crippen LogP contribution in [0.3, 0.4) is 0 Å². The lowest BCUT2D eigenvalue weighted by atomic mass is 9.75. The summed E-state index contributed by atoms with van der Waals surface area (Å²) in [5.74, 6) is -6.04. The SMILES string of the molecule is CC(=O)N[C@H]1[C@@H](O[C@H]2C[C@H](C(=O)OC(C)(C)C)[C@@H](C(=O)OC(C)(C)C)C[C@H]2O[C@H](Cc2ccccc2)C(=O)O)O[C@H](CO)[C@H](O)[C@@H]1O[C@@H]1O[C@H](CO)[C@H](O)[C@H](O)[C@H]1O. The molecule has 2 aliphatic heterocycles. The summed E-state index contributed by atoms with van der Waals surface area (Å²) >= 11 is 0. The largest absolute Gasteiger partial charge is 0.479 e. The second-order valence-electron chi connectivity index (χ2n) is 16.9. The molecule has 3 fully saturated rings. The maximum absolute atomic E-state index is 13.9. The molecule has 15 atom stereocenters. The average molecular weight is 830 g/mol. The van der Waals surface area contributed by atoms with Gasteiger partial charge >= 0.3 is 17.9 Å². The van der Waals surface area contributed by atoms with E-state index < -0.39 is 140 Å². The first kappa shape index (κ1) is 47.3. The van der Waals surface area contributed by atoms with E-state index in [1.807, 2.05) is 0 Å². The highest BCUT2D eigenvalue weighted by Crippen LogP contribution is 2.40. The molecule has 0 bridgehead atoms. The molecule has 19 heteroatoms. The molecule has 1 aliphatic carbocycles. The molecule has 1 aromatic carbocycles. The van der Waals surface area contributed by atoms with E-state index in [-0.39, 0.29) is 19.3 Å². The minimum Gasteiger partial charge on any atom is -0.479 e. The van der Waals surface area contributed by atoms with Crippen LogP contribution in [0, 0.1) is 11.8 Å². The molecule has 58 heavy (non-hydrogen) atoms. The summed E-state index contributed by atoms with van der Waals surface area (Å²) in [5, 5.41) is 75.8. The number of hydrogen-bond donors (Lipinski definition) is 8. The Hall–Kier alpha value is -3.34. The Morgan fingerprint density at radius 3 is 1.76 bits per heavy atom. The average Bonchev–Trinajstić information content (AvgIpc) is 3.12. The van der Waals surface area contributed by atoms with Gasteiger partial charge in [0.05, 0.1) is 37.3 Å². The molecule has 8 N–H and O–H groups in total. The van der Waals surface area contributed by atoms with Gasteiger partial charge in [-0.05, 0) is 59.9 Å². The van der Waals surface area contributed by atoms with E-state index >= 15 is 0 Å². The van der Waals surface area contributed by atoms with Crippen LogP contribution in [0.5, 0.6) is 0 Å². The van der Waals surface area contributed by atoms with Crippen LogP contribution in [0.2, 0.25) is 0 Å². The van der Waals surface area contributed by atoms with Crippen molar-refractivity contribution >= 4 is 23.8 Å². The van der Waals surface area contributed by atoms with Gasteiger partial charge in [-0.2, -0.15) is 0 Å². The highest BCUT2D eigenvalue weighted by atomic mass is 16.7. The number of benzene rings is 1. The first-order valence-electron chi connectivity index (χ1n) is 19.2. The van der Waals surface area contributed by atoms with Gasteiger partial charge in [0.1, 0.15) is 60.0 Å². The van der Waals surface area contributed by atoms with Gasteiger partial charge in [0, 0.05) is 13.3 Å². The highest BCUT2D eigenvalue weighted by Gasteiger charge is 2.55.